The third-order valence-corrected chi connectivity index (χ3v) is 4.11. The molecular formula is C14H20N2. The molecule has 1 aliphatic carbocycles. The van der Waals surface area contributed by atoms with E-state index >= 15 is 0 Å². The van der Waals surface area contributed by atoms with Gasteiger partial charge in [-0.05, 0) is 61.9 Å². The molecule has 0 spiro atoms. The van der Waals surface area contributed by atoms with Crippen LogP contribution in [0.4, 0.5) is 5.69 Å². The van der Waals surface area contributed by atoms with Gasteiger partial charge in [-0.25, -0.2) is 0 Å². The highest BCUT2D eigenvalue weighted by Gasteiger charge is 2.26. The van der Waals surface area contributed by atoms with Crippen molar-refractivity contribution in [3.63, 3.8) is 0 Å². The average molecular weight is 216 g/mol. The third-order valence-electron chi connectivity index (χ3n) is 4.11. The summed E-state index contributed by atoms with van der Waals surface area (Å²) < 4.78 is 0. The van der Waals surface area contributed by atoms with E-state index in [1.54, 1.807) is 0 Å². The maximum atomic E-state index is 6.03. The fourth-order valence-corrected chi connectivity index (χ4v) is 3.24. The molecule has 1 aromatic carbocycles. The van der Waals surface area contributed by atoms with E-state index < -0.39 is 0 Å². The lowest BCUT2D eigenvalue weighted by atomic mass is 10.0. The SMILES string of the molecule is Nc1cccc2c1CCC2CN1CCCC1. The number of hydrogen-bond donors (Lipinski definition) is 1. The van der Waals surface area contributed by atoms with Crippen LogP contribution in [0.5, 0.6) is 0 Å². The Morgan fingerprint density at radius 2 is 2.06 bits per heavy atom. The van der Waals surface area contributed by atoms with Gasteiger partial charge >= 0.3 is 0 Å². The fraction of sp³-hybridized carbons (Fsp3) is 0.571. The Kier molecular flexibility index (Phi) is 2.60. The molecule has 1 aromatic rings. The summed E-state index contributed by atoms with van der Waals surface area (Å²) in [5.41, 5.74) is 9.97. The highest BCUT2D eigenvalue weighted by atomic mass is 15.1. The molecule has 16 heavy (non-hydrogen) atoms. The van der Waals surface area contributed by atoms with E-state index in [0.717, 1.165) is 11.6 Å². The molecule has 0 saturated carbocycles. The van der Waals surface area contributed by atoms with Crippen LogP contribution in [-0.4, -0.2) is 24.5 Å². The molecular weight excluding hydrogens is 196 g/mol. The smallest absolute Gasteiger partial charge is 0.0349 e. The van der Waals surface area contributed by atoms with Gasteiger partial charge in [-0.15, -0.1) is 0 Å². The highest BCUT2D eigenvalue weighted by molar-refractivity contribution is 5.54. The number of rotatable bonds is 2. The molecule has 1 atom stereocenters. The van der Waals surface area contributed by atoms with Crippen LogP contribution in [-0.2, 0) is 6.42 Å². The average Bonchev–Trinajstić information content (AvgIpc) is 2.90. The third kappa shape index (κ3) is 1.71. The van der Waals surface area contributed by atoms with Crippen molar-refractivity contribution in [1.82, 2.24) is 4.90 Å². The first-order valence-electron chi connectivity index (χ1n) is 6.44. The lowest BCUT2D eigenvalue weighted by molar-refractivity contribution is 0.313. The summed E-state index contributed by atoms with van der Waals surface area (Å²) in [6.07, 6.45) is 5.24. The van der Waals surface area contributed by atoms with Gasteiger partial charge in [-0.2, -0.15) is 0 Å². The molecule has 2 heteroatoms. The zero-order valence-corrected chi connectivity index (χ0v) is 9.78. The number of benzene rings is 1. The number of nitrogens with zero attached hydrogens (tertiary/aromatic N) is 1. The normalized spacial score (nSPS) is 24.9. The molecule has 1 heterocycles. The maximum Gasteiger partial charge on any atom is 0.0349 e. The fourth-order valence-electron chi connectivity index (χ4n) is 3.24. The lowest BCUT2D eigenvalue weighted by Gasteiger charge is -2.20. The second kappa shape index (κ2) is 4.10. The number of likely N-dealkylation sites (tertiary alicyclic amines) is 1. The first kappa shape index (κ1) is 10.2. The highest BCUT2D eigenvalue weighted by Crippen LogP contribution is 2.36. The quantitative estimate of drug-likeness (QED) is 0.769. The van der Waals surface area contributed by atoms with Crippen molar-refractivity contribution in [3.05, 3.63) is 29.3 Å². The van der Waals surface area contributed by atoms with Gasteiger partial charge in [0.2, 0.25) is 0 Å². The van der Waals surface area contributed by atoms with Crippen molar-refractivity contribution in [2.24, 2.45) is 0 Å². The van der Waals surface area contributed by atoms with Crippen molar-refractivity contribution >= 4 is 5.69 Å². The van der Waals surface area contributed by atoms with Gasteiger partial charge in [-0.1, -0.05) is 12.1 Å². The molecule has 0 amide bonds. The number of anilines is 1. The van der Waals surface area contributed by atoms with Gasteiger partial charge in [0.15, 0.2) is 0 Å². The van der Waals surface area contributed by atoms with Crippen molar-refractivity contribution in [2.45, 2.75) is 31.6 Å². The predicted molar refractivity (Wildman–Crippen MR) is 67.6 cm³/mol. The summed E-state index contributed by atoms with van der Waals surface area (Å²) >= 11 is 0. The molecule has 0 aromatic heterocycles. The molecule has 2 N–H and O–H groups in total. The van der Waals surface area contributed by atoms with E-state index in [0.29, 0.717) is 0 Å². The number of nitrogens with two attached hydrogens (primary N) is 1. The number of hydrogen-bond acceptors (Lipinski definition) is 2. The van der Waals surface area contributed by atoms with Gasteiger partial charge in [0.25, 0.3) is 0 Å². The van der Waals surface area contributed by atoms with Crippen LogP contribution in [0, 0.1) is 0 Å². The van der Waals surface area contributed by atoms with Crippen LogP contribution in [0.3, 0.4) is 0 Å². The molecule has 0 bridgehead atoms. The maximum absolute atomic E-state index is 6.03. The van der Waals surface area contributed by atoms with Crippen LogP contribution < -0.4 is 5.73 Å². The minimum absolute atomic E-state index is 0.733. The predicted octanol–water partition coefficient (Wildman–Crippen LogP) is 2.39. The zero-order valence-electron chi connectivity index (χ0n) is 9.78. The zero-order chi connectivity index (χ0) is 11.0. The monoisotopic (exact) mass is 216 g/mol. The molecule has 1 saturated heterocycles. The second-order valence-corrected chi connectivity index (χ2v) is 5.16. The Bertz CT molecular complexity index is 380. The summed E-state index contributed by atoms with van der Waals surface area (Å²) in [7, 11) is 0. The molecule has 2 nitrogen and oxygen atoms in total. The Morgan fingerprint density at radius 1 is 1.25 bits per heavy atom. The van der Waals surface area contributed by atoms with Crippen LogP contribution in [0.25, 0.3) is 0 Å². The number of nitrogen functional groups attached to an aromatic ring is 1. The number of fused-ring (bicyclic) bond motifs is 1. The van der Waals surface area contributed by atoms with Crippen molar-refractivity contribution in [2.75, 3.05) is 25.4 Å². The minimum atomic E-state index is 0.733. The molecule has 1 aliphatic heterocycles. The van der Waals surface area contributed by atoms with Crippen LogP contribution in [0.2, 0.25) is 0 Å². The van der Waals surface area contributed by atoms with Crippen molar-refractivity contribution in [3.8, 4) is 0 Å². The van der Waals surface area contributed by atoms with E-state index in [1.807, 2.05) is 6.07 Å². The summed E-state index contributed by atoms with van der Waals surface area (Å²) in [6.45, 7) is 3.85. The van der Waals surface area contributed by atoms with Gasteiger partial charge in [0.05, 0.1) is 0 Å². The molecule has 0 radical (unpaired) electrons. The van der Waals surface area contributed by atoms with Crippen molar-refractivity contribution < 1.29 is 0 Å². The van der Waals surface area contributed by atoms with E-state index in [-0.39, 0.29) is 0 Å². The summed E-state index contributed by atoms with van der Waals surface area (Å²) in [5.74, 6) is 0.733. The van der Waals surface area contributed by atoms with Crippen LogP contribution in [0.1, 0.15) is 36.3 Å². The Morgan fingerprint density at radius 3 is 2.88 bits per heavy atom. The van der Waals surface area contributed by atoms with Gasteiger partial charge < -0.3 is 10.6 Å². The lowest BCUT2D eigenvalue weighted by Crippen LogP contribution is -2.24. The molecule has 2 aliphatic rings. The topological polar surface area (TPSA) is 29.3 Å². The van der Waals surface area contributed by atoms with Gasteiger partial charge in [0, 0.05) is 12.2 Å². The summed E-state index contributed by atoms with van der Waals surface area (Å²) in [6, 6.07) is 6.42. The van der Waals surface area contributed by atoms with Gasteiger partial charge in [-0.3, -0.25) is 0 Å². The molecule has 1 fully saturated rings. The summed E-state index contributed by atoms with van der Waals surface area (Å²) in [5, 5.41) is 0. The van der Waals surface area contributed by atoms with Gasteiger partial charge in [0.1, 0.15) is 0 Å². The standard InChI is InChI=1S/C14H20N2/c15-14-5-3-4-12-11(6-7-13(12)14)10-16-8-1-2-9-16/h3-5,11H,1-2,6-10,15H2. The van der Waals surface area contributed by atoms with E-state index in [9.17, 15) is 0 Å². The minimum Gasteiger partial charge on any atom is -0.398 e. The first-order chi connectivity index (χ1) is 7.84. The Hall–Kier alpha value is -1.02. The molecule has 1 unspecified atom stereocenters. The summed E-state index contributed by atoms with van der Waals surface area (Å²) in [4.78, 5) is 2.61. The van der Waals surface area contributed by atoms with E-state index in [4.69, 9.17) is 5.73 Å². The van der Waals surface area contributed by atoms with Crippen molar-refractivity contribution in [1.29, 1.82) is 0 Å². The molecule has 3 rings (SSSR count). The second-order valence-electron chi connectivity index (χ2n) is 5.16. The Balaban J connectivity index is 1.78. The van der Waals surface area contributed by atoms with Crippen LogP contribution in [0.15, 0.2) is 18.2 Å². The first-order valence-corrected chi connectivity index (χ1v) is 6.44. The van der Waals surface area contributed by atoms with Crippen LogP contribution >= 0.6 is 0 Å². The van der Waals surface area contributed by atoms with E-state index in [1.165, 1.54) is 56.4 Å². The Labute approximate surface area is 97.4 Å². The molecule has 86 valence electrons. The van der Waals surface area contributed by atoms with E-state index in [2.05, 4.69) is 17.0 Å². The largest absolute Gasteiger partial charge is 0.398 e.